The van der Waals surface area contributed by atoms with Crippen molar-refractivity contribution in [1.82, 2.24) is 4.98 Å². The molecule has 0 bridgehead atoms. The standard InChI is InChI=1S/C19H17FN2OS/c1-13(14-5-3-2-4-6-14)11-18(23)22-19-21-17(12-24-19)15-7-9-16(20)10-8-15/h2-10,12-13H,11H2,1H3,(H,21,22,23)/t13-/m0/s1. The van der Waals surface area contributed by atoms with Crippen LogP contribution in [0.1, 0.15) is 24.8 Å². The van der Waals surface area contributed by atoms with E-state index >= 15 is 0 Å². The smallest absolute Gasteiger partial charge is 0.226 e. The van der Waals surface area contributed by atoms with Crippen LogP contribution in [-0.2, 0) is 4.79 Å². The zero-order chi connectivity index (χ0) is 16.9. The minimum absolute atomic E-state index is 0.0636. The molecule has 0 fully saturated rings. The number of thiazole rings is 1. The molecule has 0 spiro atoms. The normalized spacial score (nSPS) is 11.9. The van der Waals surface area contributed by atoms with E-state index in [1.807, 2.05) is 42.6 Å². The van der Waals surface area contributed by atoms with Crippen LogP contribution in [0, 0.1) is 5.82 Å². The molecule has 1 amide bonds. The summed E-state index contributed by atoms with van der Waals surface area (Å²) in [7, 11) is 0. The number of nitrogens with zero attached hydrogens (tertiary/aromatic N) is 1. The van der Waals surface area contributed by atoms with Crippen molar-refractivity contribution in [3.63, 3.8) is 0 Å². The Balaban J connectivity index is 1.62. The first-order valence-corrected chi connectivity index (χ1v) is 8.56. The molecule has 1 heterocycles. The van der Waals surface area contributed by atoms with Crippen LogP contribution in [0.15, 0.2) is 60.0 Å². The Morgan fingerprint density at radius 2 is 1.88 bits per heavy atom. The van der Waals surface area contributed by atoms with Crippen molar-refractivity contribution >= 4 is 22.4 Å². The van der Waals surface area contributed by atoms with Gasteiger partial charge in [0.1, 0.15) is 5.82 Å². The molecule has 122 valence electrons. The molecule has 3 rings (SSSR count). The summed E-state index contributed by atoms with van der Waals surface area (Å²) in [6.07, 6.45) is 0.398. The number of aromatic nitrogens is 1. The number of anilines is 1. The highest BCUT2D eigenvalue weighted by Gasteiger charge is 2.13. The molecule has 1 N–H and O–H groups in total. The van der Waals surface area contributed by atoms with Crippen LogP contribution in [0.2, 0.25) is 0 Å². The second-order valence-electron chi connectivity index (χ2n) is 5.61. The number of carbonyl (C=O) groups excluding carboxylic acids is 1. The summed E-state index contributed by atoms with van der Waals surface area (Å²) in [4.78, 5) is 16.6. The van der Waals surface area contributed by atoms with Gasteiger partial charge < -0.3 is 5.32 Å². The van der Waals surface area contributed by atoms with Crippen LogP contribution < -0.4 is 5.32 Å². The van der Waals surface area contributed by atoms with E-state index in [9.17, 15) is 9.18 Å². The molecule has 2 aromatic carbocycles. The summed E-state index contributed by atoms with van der Waals surface area (Å²) >= 11 is 1.36. The summed E-state index contributed by atoms with van der Waals surface area (Å²) in [5, 5.41) is 5.24. The summed E-state index contributed by atoms with van der Waals surface area (Å²) < 4.78 is 13.0. The Kier molecular flexibility index (Phi) is 5.01. The van der Waals surface area contributed by atoms with Gasteiger partial charge in [0.15, 0.2) is 5.13 Å². The van der Waals surface area contributed by atoms with Gasteiger partial charge in [-0.1, -0.05) is 37.3 Å². The van der Waals surface area contributed by atoms with Crippen molar-refractivity contribution in [2.75, 3.05) is 5.32 Å². The molecule has 0 radical (unpaired) electrons. The Bertz CT molecular complexity index is 815. The zero-order valence-electron chi connectivity index (χ0n) is 13.2. The third-order valence-corrected chi connectivity index (χ3v) is 4.51. The maximum atomic E-state index is 13.0. The molecule has 5 heteroatoms. The lowest BCUT2D eigenvalue weighted by atomic mass is 9.98. The Labute approximate surface area is 144 Å². The second kappa shape index (κ2) is 7.36. The van der Waals surface area contributed by atoms with Crippen molar-refractivity contribution in [1.29, 1.82) is 0 Å². The first-order chi connectivity index (χ1) is 11.6. The Morgan fingerprint density at radius 1 is 1.17 bits per heavy atom. The highest BCUT2D eigenvalue weighted by atomic mass is 32.1. The van der Waals surface area contributed by atoms with Gasteiger partial charge in [0.2, 0.25) is 5.91 Å². The number of amides is 1. The van der Waals surface area contributed by atoms with Gasteiger partial charge >= 0.3 is 0 Å². The molecule has 0 aliphatic carbocycles. The highest BCUT2D eigenvalue weighted by Crippen LogP contribution is 2.26. The SMILES string of the molecule is C[C@@H](CC(=O)Nc1nc(-c2ccc(F)cc2)cs1)c1ccccc1. The van der Waals surface area contributed by atoms with E-state index in [0.29, 0.717) is 11.6 Å². The van der Waals surface area contributed by atoms with E-state index in [2.05, 4.69) is 10.3 Å². The van der Waals surface area contributed by atoms with Crippen molar-refractivity contribution < 1.29 is 9.18 Å². The minimum Gasteiger partial charge on any atom is -0.302 e. The number of hydrogen-bond donors (Lipinski definition) is 1. The van der Waals surface area contributed by atoms with Gasteiger partial charge in [-0.3, -0.25) is 4.79 Å². The number of rotatable bonds is 5. The third-order valence-electron chi connectivity index (χ3n) is 3.75. The summed E-state index contributed by atoms with van der Waals surface area (Å²) in [5.41, 5.74) is 2.69. The average molecular weight is 340 g/mol. The lowest BCUT2D eigenvalue weighted by Gasteiger charge is -2.10. The van der Waals surface area contributed by atoms with E-state index in [4.69, 9.17) is 0 Å². The zero-order valence-corrected chi connectivity index (χ0v) is 14.0. The monoisotopic (exact) mass is 340 g/mol. The number of benzene rings is 2. The molecule has 0 saturated heterocycles. The van der Waals surface area contributed by atoms with E-state index in [1.165, 1.54) is 23.5 Å². The maximum Gasteiger partial charge on any atom is 0.226 e. The van der Waals surface area contributed by atoms with Gasteiger partial charge in [-0.05, 0) is 35.7 Å². The molecular formula is C19H17FN2OS. The molecule has 0 aliphatic heterocycles. The quantitative estimate of drug-likeness (QED) is 0.703. The molecule has 3 aromatic rings. The van der Waals surface area contributed by atoms with Gasteiger partial charge in [0.05, 0.1) is 5.69 Å². The molecular weight excluding hydrogens is 323 g/mol. The fourth-order valence-corrected chi connectivity index (χ4v) is 3.17. The molecule has 1 atom stereocenters. The molecule has 3 nitrogen and oxygen atoms in total. The topological polar surface area (TPSA) is 42.0 Å². The lowest BCUT2D eigenvalue weighted by Crippen LogP contribution is -2.14. The number of carbonyl (C=O) groups is 1. The predicted molar refractivity (Wildman–Crippen MR) is 95.6 cm³/mol. The van der Waals surface area contributed by atoms with Gasteiger partial charge in [-0.15, -0.1) is 11.3 Å². The first kappa shape index (κ1) is 16.3. The molecule has 1 aromatic heterocycles. The molecule has 24 heavy (non-hydrogen) atoms. The molecule has 0 unspecified atom stereocenters. The van der Waals surface area contributed by atoms with Gasteiger partial charge in [-0.2, -0.15) is 0 Å². The first-order valence-electron chi connectivity index (χ1n) is 7.68. The van der Waals surface area contributed by atoms with Gasteiger partial charge in [0.25, 0.3) is 0 Å². The molecule has 0 saturated carbocycles. The Hall–Kier alpha value is -2.53. The summed E-state index contributed by atoms with van der Waals surface area (Å²) in [5.74, 6) is -0.202. The van der Waals surface area contributed by atoms with Crippen molar-refractivity contribution in [2.24, 2.45) is 0 Å². The maximum absolute atomic E-state index is 13.0. The Morgan fingerprint density at radius 3 is 2.58 bits per heavy atom. The highest BCUT2D eigenvalue weighted by molar-refractivity contribution is 7.14. The summed E-state index contributed by atoms with van der Waals surface area (Å²) in [6.45, 7) is 2.03. The van der Waals surface area contributed by atoms with Crippen LogP contribution in [0.5, 0.6) is 0 Å². The van der Waals surface area contributed by atoms with E-state index < -0.39 is 0 Å². The van der Waals surface area contributed by atoms with Gasteiger partial charge in [0, 0.05) is 17.4 Å². The van der Waals surface area contributed by atoms with Crippen LogP contribution in [0.25, 0.3) is 11.3 Å². The number of hydrogen-bond acceptors (Lipinski definition) is 3. The second-order valence-corrected chi connectivity index (χ2v) is 6.47. The van der Waals surface area contributed by atoms with Crippen LogP contribution in [0.3, 0.4) is 0 Å². The third kappa shape index (κ3) is 4.06. The van der Waals surface area contributed by atoms with Crippen molar-refractivity contribution in [3.05, 3.63) is 71.4 Å². The predicted octanol–water partition coefficient (Wildman–Crippen LogP) is 5.08. The molecule has 0 aliphatic rings. The summed E-state index contributed by atoms with van der Waals surface area (Å²) in [6, 6.07) is 16.1. The number of halogens is 1. The van der Waals surface area contributed by atoms with Gasteiger partial charge in [-0.25, -0.2) is 9.37 Å². The fourth-order valence-electron chi connectivity index (χ4n) is 2.43. The average Bonchev–Trinajstić information content (AvgIpc) is 3.04. The fraction of sp³-hybridized carbons (Fsp3) is 0.158. The number of nitrogens with one attached hydrogen (secondary N) is 1. The van der Waals surface area contributed by atoms with E-state index in [0.717, 1.165) is 16.8 Å². The van der Waals surface area contributed by atoms with Crippen LogP contribution in [0.4, 0.5) is 9.52 Å². The van der Waals surface area contributed by atoms with Crippen molar-refractivity contribution in [2.45, 2.75) is 19.3 Å². The van der Waals surface area contributed by atoms with E-state index in [-0.39, 0.29) is 17.6 Å². The lowest BCUT2D eigenvalue weighted by molar-refractivity contribution is -0.116. The largest absolute Gasteiger partial charge is 0.302 e. The van der Waals surface area contributed by atoms with Crippen molar-refractivity contribution in [3.8, 4) is 11.3 Å². The van der Waals surface area contributed by atoms with Crippen LogP contribution >= 0.6 is 11.3 Å². The van der Waals surface area contributed by atoms with E-state index in [1.54, 1.807) is 12.1 Å². The minimum atomic E-state index is -0.280. The van der Waals surface area contributed by atoms with Crippen LogP contribution in [-0.4, -0.2) is 10.9 Å².